The fraction of sp³-hybridized carbons (Fsp3) is 0.950. The van der Waals surface area contributed by atoms with Gasteiger partial charge in [0, 0.05) is 25.7 Å². The molecule has 588 valence electrons. The van der Waals surface area contributed by atoms with Crippen LogP contribution in [-0.4, -0.2) is 96.7 Å². The third kappa shape index (κ3) is 72.8. The first-order valence-corrected chi connectivity index (χ1v) is 44.2. The Labute approximate surface area is 607 Å². The lowest BCUT2D eigenvalue weighted by Gasteiger charge is -2.21. The molecule has 0 aliphatic heterocycles. The molecule has 17 nitrogen and oxygen atoms in total. The van der Waals surface area contributed by atoms with Gasteiger partial charge >= 0.3 is 39.5 Å². The van der Waals surface area contributed by atoms with Gasteiger partial charge in [-0.3, -0.25) is 37.3 Å². The van der Waals surface area contributed by atoms with Gasteiger partial charge in [0.25, 0.3) is 0 Å². The largest absolute Gasteiger partial charge is 0.472 e. The number of phosphoric ester groups is 2. The molecule has 0 aliphatic rings. The number of esters is 4. The molecule has 0 radical (unpaired) electrons. The van der Waals surface area contributed by atoms with Crippen LogP contribution in [-0.2, 0) is 65.4 Å². The SMILES string of the molecule is CCC(C)CCCCCCCCCCCCCCCCCCCCC(=O)OC[C@H](COP(=O)(O)OCC(O)COP(=O)(O)OC[C@@H](COC(=O)CCCCCCCCCCC(C)C)OC(=O)CCCCCCCCCCCC(C)C)OC(=O)CCCCCCCCCCCCCC(C)C. The predicted molar refractivity (Wildman–Crippen MR) is 404 cm³/mol. The fourth-order valence-corrected chi connectivity index (χ4v) is 13.8. The van der Waals surface area contributed by atoms with E-state index in [-0.39, 0.29) is 25.7 Å². The second-order valence-corrected chi connectivity index (χ2v) is 33.4. The summed E-state index contributed by atoms with van der Waals surface area (Å²) >= 11 is 0. The topological polar surface area (TPSA) is 237 Å². The van der Waals surface area contributed by atoms with Gasteiger partial charge in [-0.1, -0.05) is 357 Å². The molecule has 99 heavy (non-hydrogen) atoms. The minimum Gasteiger partial charge on any atom is -0.462 e. The third-order valence-electron chi connectivity index (χ3n) is 18.9. The van der Waals surface area contributed by atoms with Crippen molar-refractivity contribution in [3.63, 3.8) is 0 Å². The van der Waals surface area contributed by atoms with Gasteiger partial charge < -0.3 is 33.8 Å². The highest BCUT2D eigenvalue weighted by Gasteiger charge is 2.30. The third-order valence-corrected chi connectivity index (χ3v) is 20.8. The molecule has 0 aromatic heterocycles. The van der Waals surface area contributed by atoms with Gasteiger partial charge in [0.2, 0.25) is 0 Å². The van der Waals surface area contributed by atoms with Crippen LogP contribution in [0.4, 0.5) is 0 Å². The van der Waals surface area contributed by atoms with Gasteiger partial charge in [-0.05, 0) is 49.4 Å². The van der Waals surface area contributed by atoms with Crippen LogP contribution in [0.15, 0.2) is 0 Å². The van der Waals surface area contributed by atoms with Crippen LogP contribution in [0.2, 0.25) is 0 Å². The van der Waals surface area contributed by atoms with E-state index in [2.05, 4.69) is 55.4 Å². The summed E-state index contributed by atoms with van der Waals surface area (Å²) < 4.78 is 68.6. The van der Waals surface area contributed by atoms with Crippen molar-refractivity contribution in [3.05, 3.63) is 0 Å². The summed E-state index contributed by atoms with van der Waals surface area (Å²) in [4.78, 5) is 72.9. The molecule has 0 aromatic carbocycles. The molecule has 0 amide bonds. The molecule has 0 rings (SSSR count). The Kier molecular flexibility index (Phi) is 67.8. The van der Waals surface area contributed by atoms with Crippen molar-refractivity contribution in [2.45, 2.75) is 427 Å². The fourth-order valence-electron chi connectivity index (χ4n) is 12.2. The Morgan fingerprint density at radius 3 is 0.717 bits per heavy atom. The van der Waals surface area contributed by atoms with Gasteiger partial charge in [-0.25, -0.2) is 9.13 Å². The van der Waals surface area contributed by atoms with E-state index in [0.29, 0.717) is 25.7 Å². The lowest BCUT2D eigenvalue weighted by Crippen LogP contribution is -2.30. The summed E-state index contributed by atoms with van der Waals surface area (Å²) in [5, 5.41) is 10.6. The number of aliphatic hydroxyl groups excluding tert-OH is 1. The molecule has 6 atom stereocenters. The molecule has 0 spiro atoms. The molecule has 0 aromatic rings. The van der Waals surface area contributed by atoms with Crippen LogP contribution < -0.4 is 0 Å². The molecule has 4 unspecified atom stereocenters. The second-order valence-electron chi connectivity index (χ2n) is 30.5. The Morgan fingerprint density at radius 2 is 0.485 bits per heavy atom. The lowest BCUT2D eigenvalue weighted by molar-refractivity contribution is -0.161. The summed E-state index contributed by atoms with van der Waals surface area (Å²) in [6.07, 6.45) is 55.6. The Morgan fingerprint density at radius 1 is 0.283 bits per heavy atom. The molecule has 19 heteroatoms. The number of aliphatic hydroxyl groups is 1. The summed E-state index contributed by atoms with van der Waals surface area (Å²) in [5.74, 6) is 0.984. The van der Waals surface area contributed by atoms with Gasteiger partial charge in [-0.2, -0.15) is 0 Å². The van der Waals surface area contributed by atoms with Crippen molar-refractivity contribution >= 4 is 39.5 Å². The summed E-state index contributed by atoms with van der Waals surface area (Å²) in [6.45, 7) is 14.2. The van der Waals surface area contributed by atoms with Crippen LogP contribution in [0, 0.1) is 23.7 Å². The van der Waals surface area contributed by atoms with Crippen molar-refractivity contribution in [2.24, 2.45) is 23.7 Å². The van der Waals surface area contributed by atoms with Crippen molar-refractivity contribution < 1.29 is 80.2 Å². The van der Waals surface area contributed by atoms with Gasteiger partial charge in [-0.15, -0.1) is 0 Å². The van der Waals surface area contributed by atoms with Crippen molar-refractivity contribution in [1.82, 2.24) is 0 Å². The van der Waals surface area contributed by atoms with E-state index in [1.807, 2.05) is 0 Å². The van der Waals surface area contributed by atoms with Crippen LogP contribution in [0.5, 0.6) is 0 Å². The number of hydrogen-bond donors (Lipinski definition) is 3. The summed E-state index contributed by atoms with van der Waals surface area (Å²) in [6, 6.07) is 0. The predicted octanol–water partition coefficient (Wildman–Crippen LogP) is 23.6. The number of hydrogen-bond acceptors (Lipinski definition) is 15. The molecule has 0 fully saturated rings. The zero-order chi connectivity index (χ0) is 73.1. The number of carbonyl (C=O) groups excluding carboxylic acids is 4. The number of rotatable bonds is 77. The maximum absolute atomic E-state index is 13.1. The first-order valence-electron chi connectivity index (χ1n) is 41.2. The molecule has 3 N–H and O–H groups in total. The molecule has 0 heterocycles. The van der Waals surface area contributed by atoms with Crippen LogP contribution in [0.3, 0.4) is 0 Å². The highest BCUT2D eigenvalue weighted by atomic mass is 31.2. The molecule has 0 aliphatic carbocycles. The van der Waals surface area contributed by atoms with Crippen LogP contribution in [0.1, 0.15) is 409 Å². The first kappa shape index (κ1) is 97.1. The minimum absolute atomic E-state index is 0.104. The van der Waals surface area contributed by atoms with Gasteiger partial charge in [0.05, 0.1) is 26.4 Å². The van der Waals surface area contributed by atoms with Gasteiger partial charge in [0.1, 0.15) is 19.3 Å². The first-order chi connectivity index (χ1) is 47.6. The zero-order valence-electron chi connectivity index (χ0n) is 65.1. The number of phosphoric acid groups is 2. The van der Waals surface area contributed by atoms with E-state index in [0.717, 1.165) is 114 Å². The molecular weight excluding hydrogens is 1290 g/mol. The van der Waals surface area contributed by atoms with Gasteiger partial charge in [0.15, 0.2) is 12.2 Å². The Hall–Kier alpha value is -1.94. The maximum Gasteiger partial charge on any atom is 0.472 e. The summed E-state index contributed by atoms with van der Waals surface area (Å²) in [5.41, 5.74) is 0. The molecule has 0 saturated carbocycles. The Balaban J connectivity index is 5.19. The number of ether oxygens (including phenoxy) is 4. The monoisotopic (exact) mass is 1450 g/mol. The van der Waals surface area contributed by atoms with E-state index < -0.39 is 97.5 Å². The average molecular weight is 1450 g/mol. The standard InChI is InChI=1S/C80H156O17P2/c1-9-73(8)59-51-43-35-26-20-16-14-12-10-11-13-15-17-21-27-36-44-52-60-77(82)90-66-75(96-79(84)62-54-46-38-28-22-18-19-24-32-40-48-56-70(2)3)68-94-98(86,87)92-64-74(81)65-93-99(88,89)95-69-76(67-91-78(83)61-53-45-37-31-30-34-42-50-58-72(6)7)97-80(85)63-55-47-39-29-23-25-33-41-49-57-71(4)5/h70-76,81H,9-69H2,1-8H3,(H,86,87)(H,88,89)/t73?,74?,75-,76-/m1/s1. The highest BCUT2D eigenvalue weighted by Crippen LogP contribution is 2.45. The number of carbonyl (C=O) groups is 4. The highest BCUT2D eigenvalue weighted by molar-refractivity contribution is 7.47. The molecule has 0 bridgehead atoms. The van der Waals surface area contributed by atoms with E-state index in [1.165, 1.54) is 212 Å². The van der Waals surface area contributed by atoms with E-state index in [4.69, 9.17) is 37.0 Å². The minimum atomic E-state index is -4.96. The average Bonchev–Trinajstić information content (AvgIpc) is 1.34. The zero-order valence-corrected chi connectivity index (χ0v) is 66.9. The number of unbranched alkanes of at least 4 members (excludes halogenated alkanes) is 42. The van der Waals surface area contributed by atoms with E-state index >= 15 is 0 Å². The molecule has 0 saturated heterocycles. The van der Waals surface area contributed by atoms with E-state index in [1.54, 1.807) is 0 Å². The van der Waals surface area contributed by atoms with Crippen LogP contribution in [0.25, 0.3) is 0 Å². The van der Waals surface area contributed by atoms with Crippen molar-refractivity contribution in [3.8, 4) is 0 Å². The quantitative estimate of drug-likeness (QED) is 0.0222. The lowest BCUT2D eigenvalue weighted by atomic mass is 9.99. The smallest absolute Gasteiger partial charge is 0.462 e. The van der Waals surface area contributed by atoms with E-state index in [9.17, 15) is 43.2 Å². The molecular formula is C80H156O17P2. The van der Waals surface area contributed by atoms with Crippen molar-refractivity contribution in [2.75, 3.05) is 39.6 Å². The normalized spacial score (nSPS) is 14.3. The summed E-state index contributed by atoms with van der Waals surface area (Å²) in [7, 11) is -9.92. The Bertz CT molecular complexity index is 1940. The van der Waals surface area contributed by atoms with Crippen molar-refractivity contribution in [1.29, 1.82) is 0 Å². The van der Waals surface area contributed by atoms with Crippen LogP contribution >= 0.6 is 15.6 Å². The second kappa shape index (κ2) is 69.1. The maximum atomic E-state index is 13.1.